The average molecular weight is 312 g/mol. The maximum Gasteiger partial charge on any atom is 0.338 e. The molecule has 1 aromatic rings. The molecule has 3 nitrogen and oxygen atoms in total. The Balaban J connectivity index is 2.09. The third kappa shape index (κ3) is 7.37. The fraction of sp³-hybridized carbons (Fsp3) is 0.588. The van der Waals surface area contributed by atoms with Gasteiger partial charge in [0.15, 0.2) is 0 Å². The van der Waals surface area contributed by atoms with E-state index < -0.39 is 0 Å². The lowest BCUT2D eigenvalue weighted by Gasteiger charge is -2.06. The van der Waals surface area contributed by atoms with Crippen LogP contribution in [0, 0.1) is 0 Å². The molecule has 0 amide bonds. The van der Waals surface area contributed by atoms with E-state index in [2.05, 4.69) is 6.92 Å². The molecule has 0 saturated heterocycles. The molecule has 0 heterocycles. The highest BCUT2D eigenvalue weighted by molar-refractivity contribution is 6.33. The quantitative estimate of drug-likeness (QED) is 0.366. The van der Waals surface area contributed by atoms with Crippen LogP contribution in [0.3, 0.4) is 0 Å². The summed E-state index contributed by atoms with van der Waals surface area (Å²) in [5.41, 5.74) is 6.52. The lowest BCUT2D eigenvalue weighted by Crippen LogP contribution is -2.07. The third-order valence-electron chi connectivity index (χ3n) is 3.46. The predicted octanol–water partition coefficient (Wildman–Crippen LogP) is 5.22. The Morgan fingerprint density at radius 1 is 1.10 bits per heavy atom. The number of carbonyl (C=O) groups is 1. The van der Waals surface area contributed by atoms with Crippen molar-refractivity contribution in [3.8, 4) is 0 Å². The fourth-order valence-electron chi connectivity index (χ4n) is 2.15. The van der Waals surface area contributed by atoms with Crippen LogP contribution in [0.1, 0.15) is 68.6 Å². The van der Waals surface area contributed by atoms with Gasteiger partial charge in [0.05, 0.1) is 22.9 Å². The second-order valence-corrected chi connectivity index (χ2v) is 5.75. The Bertz CT molecular complexity index is 435. The number of hydrogen-bond acceptors (Lipinski definition) is 3. The zero-order valence-corrected chi connectivity index (χ0v) is 13.6. The van der Waals surface area contributed by atoms with Crippen LogP contribution in [0.4, 0.5) is 5.69 Å². The number of rotatable bonds is 10. The SMILES string of the molecule is CCCCCCCCCCOC(=O)c1ccc(Cl)c(N)c1. The second-order valence-electron chi connectivity index (χ2n) is 5.35. The Hall–Kier alpha value is -1.22. The first kappa shape index (κ1) is 17.8. The molecular formula is C17H26ClNO2. The minimum absolute atomic E-state index is 0.332. The number of ether oxygens (including phenoxy) is 1. The summed E-state index contributed by atoms with van der Waals surface area (Å²) < 4.78 is 5.23. The molecule has 4 heteroatoms. The van der Waals surface area contributed by atoms with E-state index >= 15 is 0 Å². The van der Waals surface area contributed by atoms with Crippen molar-refractivity contribution in [3.05, 3.63) is 28.8 Å². The number of halogens is 1. The van der Waals surface area contributed by atoms with Gasteiger partial charge in [-0.15, -0.1) is 0 Å². The first-order valence-corrected chi connectivity index (χ1v) is 8.25. The van der Waals surface area contributed by atoms with Gasteiger partial charge in [0.2, 0.25) is 0 Å². The molecular weight excluding hydrogens is 286 g/mol. The van der Waals surface area contributed by atoms with Crippen molar-refractivity contribution < 1.29 is 9.53 Å². The zero-order chi connectivity index (χ0) is 15.5. The molecule has 0 aliphatic heterocycles. The molecule has 0 aromatic heterocycles. The third-order valence-corrected chi connectivity index (χ3v) is 3.81. The predicted molar refractivity (Wildman–Crippen MR) is 88.8 cm³/mol. The molecule has 0 atom stereocenters. The number of hydrogen-bond donors (Lipinski definition) is 1. The summed E-state index contributed by atoms with van der Waals surface area (Å²) in [6, 6.07) is 4.80. The molecule has 0 saturated carbocycles. The minimum atomic E-state index is -0.332. The van der Waals surface area contributed by atoms with Crippen LogP contribution in [0.5, 0.6) is 0 Å². The van der Waals surface area contributed by atoms with Crippen molar-refractivity contribution in [2.75, 3.05) is 12.3 Å². The van der Waals surface area contributed by atoms with Crippen molar-refractivity contribution in [3.63, 3.8) is 0 Å². The van der Waals surface area contributed by atoms with Gasteiger partial charge in [0.1, 0.15) is 0 Å². The van der Waals surface area contributed by atoms with Crippen molar-refractivity contribution in [2.45, 2.75) is 58.3 Å². The van der Waals surface area contributed by atoms with Crippen LogP contribution in [0.2, 0.25) is 5.02 Å². The molecule has 0 spiro atoms. The Morgan fingerprint density at radius 2 is 1.71 bits per heavy atom. The van der Waals surface area contributed by atoms with Gasteiger partial charge in [-0.25, -0.2) is 4.79 Å². The lowest BCUT2D eigenvalue weighted by atomic mass is 10.1. The smallest absolute Gasteiger partial charge is 0.338 e. The number of nitrogen functional groups attached to an aromatic ring is 1. The molecule has 1 rings (SSSR count). The van der Waals surface area contributed by atoms with E-state index in [1.54, 1.807) is 18.2 Å². The Labute approximate surface area is 132 Å². The number of unbranched alkanes of at least 4 members (excludes halogenated alkanes) is 7. The summed E-state index contributed by atoms with van der Waals surface area (Å²) in [5.74, 6) is -0.332. The highest BCUT2D eigenvalue weighted by Crippen LogP contribution is 2.20. The maximum absolute atomic E-state index is 11.8. The maximum atomic E-state index is 11.8. The van der Waals surface area contributed by atoms with E-state index in [1.807, 2.05) is 0 Å². The molecule has 0 aliphatic carbocycles. The lowest BCUT2D eigenvalue weighted by molar-refractivity contribution is 0.0497. The van der Waals surface area contributed by atoms with Crippen LogP contribution >= 0.6 is 11.6 Å². The molecule has 21 heavy (non-hydrogen) atoms. The fourth-order valence-corrected chi connectivity index (χ4v) is 2.27. The van der Waals surface area contributed by atoms with Gasteiger partial charge in [-0.3, -0.25) is 0 Å². The van der Waals surface area contributed by atoms with Gasteiger partial charge in [0, 0.05) is 0 Å². The highest BCUT2D eigenvalue weighted by Gasteiger charge is 2.08. The van der Waals surface area contributed by atoms with Crippen molar-refractivity contribution >= 4 is 23.3 Å². The monoisotopic (exact) mass is 311 g/mol. The molecule has 0 radical (unpaired) electrons. The molecule has 2 N–H and O–H groups in total. The van der Waals surface area contributed by atoms with E-state index in [4.69, 9.17) is 22.1 Å². The van der Waals surface area contributed by atoms with Crippen LogP contribution in [0.25, 0.3) is 0 Å². The second kappa shape index (κ2) is 10.5. The summed E-state index contributed by atoms with van der Waals surface area (Å²) in [7, 11) is 0. The standard InChI is InChI=1S/C17H26ClNO2/c1-2-3-4-5-6-7-8-9-12-21-17(20)14-10-11-15(18)16(19)13-14/h10-11,13H,2-9,12,19H2,1H3. The Kier molecular flexibility index (Phi) is 8.91. The summed E-state index contributed by atoms with van der Waals surface area (Å²) >= 11 is 5.82. The first-order chi connectivity index (χ1) is 10.1. The molecule has 118 valence electrons. The number of esters is 1. The van der Waals surface area contributed by atoms with Gasteiger partial charge in [-0.05, 0) is 24.6 Å². The number of nitrogens with two attached hydrogens (primary N) is 1. The van der Waals surface area contributed by atoms with E-state index in [0.717, 1.165) is 12.8 Å². The first-order valence-electron chi connectivity index (χ1n) is 7.87. The number of carbonyl (C=O) groups excluding carboxylic acids is 1. The average Bonchev–Trinajstić information content (AvgIpc) is 2.48. The molecule has 1 aromatic carbocycles. The summed E-state index contributed by atoms with van der Waals surface area (Å²) in [6.45, 7) is 2.69. The van der Waals surface area contributed by atoms with Gasteiger partial charge < -0.3 is 10.5 Å². The normalized spacial score (nSPS) is 10.6. The van der Waals surface area contributed by atoms with E-state index in [-0.39, 0.29) is 5.97 Å². The van der Waals surface area contributed by atoms with Crippen LogP contribution in [-0.4, -0.2) is 12.6 Å². The van der Waals surface area contributed by atoms with Crippen LogP contribution < -0.4 is 5.73 Å². The molecule has 0 aliphatic rings. The number of benzene rings is 1. The molecule has 0 bridgehead atoms. The largest absolute Gasteiger partial charge is 0.462 e. The zero-order valence-electron chi connectivity index (χ0n) is 12.9. The molecule has 0 fully saturated rings. The van der Waals surface area contributed by atoms with Gasteiger partial charge in [-0.1, -0.05) is 63.5 Å². The van der Waals surface area contributed by atoms with Gasteiger partial charge in [-0.2, -0.15) is 0 Å². The van der Waals surface area contributed by atoms with Crippen LogP contribution in [0.15, 0.2) is 18.2 Å². The topological polar surface area (TPSA) is 52.3 Å². The van der Waals surface area contributed by atoms with Crippen molar-refractivity contribution in [1.82, 2.24) is 0 Å². The van der Waals surface area contributed by atoms with E-state index in [9.17, 15) is 4.79 Å². The summed E-state index contributed by atoms with van der Waals surface area (Å²) in [6.07, 6.45) is 9.80. The van der Waals surface area contributed by atoms with Gasteiger partial charge in [0.25, 0.3) is 0 Å². The van der Waals surface area contributed by atoms with Crippen molar-refractivity contribution in [2.24, 2.45) is 0 Å². The van der Waals surface area contributed by atoms with Crippen molar-refractivity contribution in [1.29, 1.82) is 0 Å². The van der Waals surface area contributed by atoms with E-state index in [1.165, 1.54) is 38.5 Å². The van der Waals surface area contributed by atoms with E-state index in [0.29, 0.717) is 22.9 Å². The Morgan fingerprint density at radius 3 is 2.33 bits per heavy atom. The summed E-state index contributed by atoms with van der Waals surface area (Å²) in [4.78, 5) is 11.8. The summed E-state index contributed by atoms with van der Waals surface area (Å²) in [5, 5.41) is 0.453. The molecule has 0 unspecified atom stereocenters. The minimum Gasteiger partial charge on any atom is -0.462 e. The number of anilines is 1. The van der Waals surface area contributed by atoms with Crippen LogP contribution in [-0.2, 0) is 4.74 Å². The van der Waals surface area contributed by atoms with Gasteiger partial charge >= 0.3 is 5.97 Å². The highest BCUT2D eigenvalue weighted by atomic mass is 35.5.